The van der Waals surface area contributed by atoms with Crippen molar-refractivity contribution in [3.8, 4) is 0 Å². The largest absolute Gasteiger partial charge is 0.282 e. The van der Waals surface area contributed by atoms with Gasteiger partial charge in [-0.2, -0.15) is 10.2 Å². The fourth-order valence-corrected chi connectivity index (χ4v) is 2.23. The van der Waals surface area contributed by atoms with Crippen molar-refractivity contribution >= 4 is 28.1 Å². The minimum Gasteiger partial charge on any atom is -0.282 e. The van der Waals surface area contributed by atoms with E-state index in [1.165, 1.54) is 0 Å². The highest BCUT2D eigenvalue weighted by atomic mass is 79.9. The first-order valence-corrected chi connectivity index (χ1v) is 7.43. The number of hydrogen-bond acceptors (Lipinski definition) is 3. The average molecular weight is 349 g/mol. The van der Waals surface area contributed by atoms with Crippen LogP contribution in [0.4, 0.5) is 0 Å². The van der Waals surface area contributed by atoms with Crippen LogP contribution in [0.3, 0.4) is 0 Å². The molecule has 0 aliphatic carbocycles. The molecule has 5 nitrogen and oxygen atoms in total. The van der Waals surface area contributed by atoms with Crippen LogP contribution in [0.15, 0.2) is 33.8 Å². The molecule has 0 radical (unpaired) electrons. The molecule has 1 amide bonds. The molecule has 2 N–H and O–H groups in total. The van der Waals surface area contributed by atoms with E-state index in [0.29, 0.717) is 12.8 Å². The Hall–Kier alpha value is -1.95. The quantitative estimate of drug-likeness (QED) is 0.644. The van der Waals surface area contributed by atoms with Crippen LogP contribution < -0.4 is 5.43 Å². The van der Waals surface area contributed by atoms with Crippen LogP contribution in [0.2, 0.25) is 0 Å². The topological polar surface area (TPSA) is 70.1 Å². The number of carbonyl (C=O) groups excluding carboxylic acids is 1. The summed E-state index contributed by atoms with van der Waals surface area (Å²) in [4.78, 5) is 11.7. The molecule has 110 valence electrons. The van der Waals surface area contributed by atoms with Gasteiger partial charge in [0.1, 0.15) is 0 Å². The first kappa shape index (κ1) is 15.4. The number of rotatable bonds is 5. The van der Waals surface area contributed by atoms with Gasteiger partial charge in [0.15, 0.2) is 0 Å². The number of nitrogens with one attached hydrogen (secondary N) is 2. The fraction of sp³-hybridized carbons (Fsp3) is 0.267. The number of hydrazone groups is 1. The molecule has 0 atom stereocenters. The van der Waals surface area contributed by atoms with Crippen molar-refractivity contribution in [2.45, 2.75) is 26.7 Å². The van der Waals surface area contributed by atoms with Gasteiger partial charge in [-0.15, -0.1) is 0 Å². The van der Waals surface area contributed by atoms with E-state index >= 15 is 0 Å². The Morgan fingerprint density at radius 1 is 1.38 bits per heavy atom. The normalized spacial score (nSPS) is 11.0. The van der Waals surface area contributed by atoms with E-state index in [4.69, 9.17) is 0 Å². The summed E-state index contributed by atoms with van der Waals surface area (Å²) in [6, 6.07) is 7.68. The lowest BCUT2D eigenvalue weighted by Crippen LogP contribution is -2.18. The van der Waals surface area contributed by atoms with Gasteiger partial charge in [0.25, 0.3) is 0 Å². The maximum absolute atomic E-state index is 11.7. The van der Waals surface area contributed by atoms with E-state index < -0.39 is 0 Å². The standard InChI is InChI=1S/C15H17BrN4O/c1-10-14(11(2)19-18-10)7-8-15(21)20-17-9-12-3-5-13(16)6-4-12/h3-6,9H,7-8H2,1-2H3,(H,18,19)(H,20,21). The fourth-order valence-electron chi connectivity index (χ4n) is 1.96. The summed E-state index contributed by atoms with van der Waals surface area (Å²) in [5.41, 5.74) is 6.52. The predicted octanol–water partition coefficient (Wildman–Crippen LogP) is 2.87. The molecule has 2 aromatic rings. The number of H-pyrrole nitrogens is 1. The van der Waals surface area contributed by atoms with Crippen molar-refractivity contribution in [2.75, 3.05) is 0 Å². The van der Waals surface area contributed by atoms with Gasteiger partial charge in [-0.25, -0.2) is 5.43 Å². The highest BCUT2D eigenvalue weighted by molar-refractivity contribution is 9.10. The zero-order chi connectivity index (χ0) is 15.2. The molecule has 0 aliphatic heterocycles. The van der Waals surface area contributed by atoms with Crippen molar-refractivity contribution in [3.05, 3.63) is 51.3 Å². The third-order valence-electron chi connectivity index (χ3n) is 3.16. The van der Waals surface area contributed by atoms with Crippen LogP contribution in [-0.4, -0.2) is 22.3 Å². The lowest BCUT2D eigenvalue weighted by Gasteiger charge is -2.01. The number of halogens is 1. The Balaban J connectivity index is 1.81. The second kappa shape index (κ2) is 7.17. The van der Waals surface area contributed by atoms with Crippen LogP contribution in [0.1, 0.15) is 28.9 Å². The summed E-state index contributed by atoms with van der Waals surface area (Å²) < 4.78 is 1.01. The van der Waals surface area contributed by atoms with Gasteiger partial charge in [-0.05, 0) is 43.5 Å². The van der Waals surface area contributed by atoms with Crippen molar-refractivity contribution in [1.29, 1.82) is 0 Å². The molecule has 0 saturated carbocycles. The van der Waals surface area contributed by atoms with Gasteiger partial charge in [0.2, 0.25) is 5.91 Å². The molecule has 2 rings (SSSR count). The Kier molecular flexibility index (Phi) is 5.27. The van der Waals surface area contributed by atoms with Crippen LogP contribution >= 0.6 is 15.9 Å². The summed E-state index contributed by atoms with van der Waals surface area (Å²) in [5, 5.41) is 11.0. The molecule has 1 aromatic heterocycles. The number of nitrogens with zero attached hydrogens (tertiary/aromatic N) is 2. The Morgan fingerprint density at radius 2 is 2.10 bits per heavy atom. The third kappa shape index (κ3) is 4.53. The summed E-state index contributed by atoms with van der Waals surface area (Å²) in [7, 11) is 0. The van der Waals surface area contributed by atoms with Crippen molar-refractivity contribution in [3.63, 3.8) is 0 Å². The molecule has 21 heavy (non-hydrogen) atoms. The number of aromatic nitrogens is 2. The monoisotopic (exact) mass is 348 g/mol. The van der Waals surface area contributed by atoms with Crippen molar-refractivity contribution in [2.24, 2.45) is 5.10 Å². The predicted molar refractivity (Wildman–Crippen MR) is 86.3 cm³/mol. The summed E-state index contributed by atoms with van der Waals surface area (Å²) >= 11 is 3.37. The van der Waals surface area contributed by atoms with Gasteiger partial charge >= 0.3 is 0 Å². The molecule has 0 bridgehead atoms. The van der Waals surface area contributed by atoms with Crippen molar-refractivity contribution < 1.29 is 4.79 Å². The molecule has 1 heterocycles. The first-order chi connectivity index (χ1) is 10.1. The smallest absolute Gasteiger partial charge is 0.240 e. The lowest BCUT2D eigenvalue weighted by atomic mass is 10.1. The highest BCUT2D eigenvalue weighted by Crippen LogP contribution is 2.11. The summed E-state index contributed by atoms with van der Waals surface area (Å²) in [6.07, 6.45) is 2.67. The van der Waals surface area contributed by atoms with Gasteiger partial charge in [0.05, 0.1) is 11.9 Å². The van der Waals surface area contributed by atoms with E-state index in [-0.39, 0.29) is 5.91 Å². The first-order valence-electron chi connectivity index (χ1n) is 6.64. The number of benzene rings is 1. The maximum Gasteiger partial charge on any atom is 0.240 e. The number of aryl methyl sites for hydroxylation is 2. The molecule has 0 aliphatic rings. The van der Waals surface area contributed by atoms with E-state index in [1.54, 1.807) is 6.21 Å². The Morgan fingerprint density at radius 3 is 2.71 bits per heavy atom. The molecular weight excluding hydrogens is 332 g/mol. The number of aromatic amines is 1. The third-order valence-corrected chi connectivity index (χ3v) is 3.68. The molecule has 0 fully saturated rings. The average Bonchev–Trinajstić information content (AvgIpc) is 2.78. The summed E-state index contributed by atoms with van der Waals surface area (Å²) in [6.45, 7) is 3.89. The van der Waals surface area contributed by atoms with Crippen molar-refractivity contribution in [1.82, 2.24) is 15.6 Å². The van der Waals surface area contributed by atoms with Gasteiger partial charge in [-0.1, -0.05) is 28.1 Å². The van der Waals surface area contributed by atoms with E-state index in [0.717, 1.165) is 27.0 Å². The minimum absolute atomic E-state index is 0.108. The zero-order valence-electron chi connectivity index (χ0n) is 12.0. The van der Waals surface area contributed by atoms with Gasteiger partial charge in [0, 0.05) is 16.6 Å². The van der Waals surface area contributed by atoms with E-state index in [2.05, 4.69) is 36.7 Å². The molecule has 1 aromatic carbocycles. The molecule has 6 heteroatoms. The number of amides is 1. The number of carbonyl (C=O) groups is 1. The van der Waals surface area contributed by atoms with Gasteiger partial charge < -0.3 is 0 Å². The Bertz CT molecular complexity index is 627. The van der Waals surface area contributed by atoms with Crippen LogP contribution in [0.5, 0.6) is 0 Å². The SMILES string of the molecule is Cc1n[nH]c(C)c1CCC(=O)NN=Cc1ccc(Br)cc1. The van der Waals surface area contributed by atoms with E-state index in [1.807, 2.05) is 38.1 Å². The van der Waals surface area contributed by atoms with Crippen LogP contribution in [0, 0.1) is 13.8 Å². The van der Waals surface area contributed by atoms with Gasteiger partial charge in [-0.3, -0.25) is 9.89 Å². The lowest BCUT2D eigenvalue weighted by molar-refractivity contribution is -0.121. The molecule has 0 saturated heterocycles. The van der Waals surface area contributed by atoms with Crippen LogP contribution in [-0.2, 0) is 11.2 Å². The highest BCUT2D eigenvalue weighted by Gasteiger charge is 2.08. The maximum atomic E-state index is 11.7. The zero-order valence-corrected chi connectivity index (χ0v) is 13.6. The van der Waals surface area contributed by atoms with Crippen LogP contribution in [0.25, 0.3) is 0 Å². The molecule has 0 spiro atoms. The second-order valence-corrected chi connectivity index (χ2v) is 5.67. The van der Waals surface area contributed by atoms with E-state index in [9.17, 15) is 4.79 Å². The Labute approximate surface area is 132 Å². The summed E-state index contributed by atoms with van der Waals surface area (Å²) in [5.74, 6) is -0.108. The number of hydrogen-bond donors (Lipinski definition) is 2. The molecular formula is C15H17BrN4O. The minimum atomic E-state index is -0.108. The molecule has 0 unspecified atom stereocenters. The second-order valence-electron chi connectivity index (χ2n) is 4.76.